The van der Waals surface area contributed by atoms with Gasteiger partial charge in [0.05, 0.1) is 25.1 Å². The molecule has 5 heteroatoms. The lowest BCUT2D eigenvalue weighted by atomic mass is 10.1. The maximum Gasteiger partial charge on any atom is 0.239 e. The highest BCUT2D eigenvalue weighted by Crippen LogP contribution is 2.17. The molecule has 0 saturated carbocycles. The Morgan fingerprint density at radius 3 is 2.68 bits per heavy atom. The van der Waals surface area contributed by atoms with Crippen LogP contribution in [0.4, 0.5) is 0 Å². The van der Waals surface area contributed by atoms with Gasteiger partial charge >= 0.3 is 0 Å². The molecule has 0 aliphatic carbocycles. The number of rotatable bonds is 6. The SMILES string of the molecule is C[C@@H](C(=O)N(CCC#N)C[C@@H]1CCOC1)N1CCCCCC1. The minimum absolute atomic E-state index is 0.0703. The van der Waals surface area contributed by atoms with Gasteiger partial charge in [0, 0.05) is 25.6 Å². The highest BCUT2D eigenvalue weighted by Gasteiger charge is 2.28. The van der Waals surface area contributed by atoms with Crippen molar-refractivity contribution >= 4 is 5.91 Å². The summed E-state index contributed by atoms with van der Waals surface area (Å²) < 4.78 is 5.42. The lowest BCUT2D eigenvalue weighted by molar-refractivity contribution is -0.137. The van der Waals surface area contributed by atoms with E-state index in [1.54, 1.807) is 0 Å². The summed E-state index contributed by atoms with van der Waals surface area (Å²) in [5.74, 6) is 0.614. The molecule has 2 aliphatic rings. The van der Waals surface area contributed by atoms with Gasteiger partial charge in [-0.2, -0.15) is 5.26 Å². The number of hydrogen-bond acceptors (Lipinski definition) is 4. The van der Waals surface area contributed by atoms with E-state index in [0.717, 1.165) is 39.3 Å². The molecule has 0 bridgehead atoms. The summed E-state index contributed by atoms with van der Waals surface area (Å²) in [4.78, 5) is 17.1. The average molecular weight is 307 g/mol. The van der Waals surface area contributed by atoms with Crippen molar-refractivity contribution in [1.82, 2.24) is 9.80 Å². The second-order valence-corrected chi connectivity index (χ2v) is 6.55. The number of carbonyl (C=O) groups is 1. The Morgan fingerprint density at radius 2 is 2.09 bits per heavy atom. The maximum absolute atomic E-state index is 12.9. The fourth-order valence-electron chi connectivity index (χ4n) is 3.42. The Kier molecular flexibility index (Phi) is 7.14. The Balaban J connectivity index is 1.94. The molecule has 0 aromatic rings. The molecule has 124 valence electrons. The lowest BCUT2D eigenvalue weighted by Gasteiger charge is -2.33. The molecule has 2 rings (SSSR count). The van der Waals surface area contributed by atoms with E-state index in [1.807, 2.05) is 11.8 Å². The molecule has 1 amide bonds. The largest absolute Gasteiger partial charge is 0.381 e. The second-order valence-electron chi connectivity index (χ2n) is 6.55. The van der Waals surface area contributed by atoms with Crippen LogP contribution in [0.15, 0.2) is 0 Å². The van der Waals surface area contributed by atoms with Crippen LogP contribution >= 0.6 is 0 Å². The zero-order valence-corrected chi connectivity index (χ0v) is 13.8. The number of nitrogens with zero attached hydrogens (tertiary/aromatic N) is 3. The first kappa shape index (κ1) is 17.2. The van der Waals surface area contributed by atoms with Gasteiger partial charge in [-0.05, 0) is 39.3 Å². The van der Waals surface area contributed by atoms with Crippen LogP contribution in [0.5, 0.6) is 0 Å². The van der Waals surface area contributed by atoms with E-state index in [4.69, 9.17) is 10.00 Å². The molecule has 2 aliphatic heterocycles. The fraction of sp³-hybridized carbons (Fsp3) is 0.882. The molecule has 22 heavy (non-hydrogen) atoms. The topological polar surface area (TPSA) is 56.6 Å². The van der Waals surface area contributed by atoms with Crippen molar-refractivity contribution in [2.75, 3.05) is 39.4 Å². The van der Waals surface area contributed by atoms with Crippen molar-refractivity contribution in [3.8, 4) is 6.07 Å². The van der Waals surface area contributed by atoms with E-state index >= 15 is 0 Å². The number of likely N-dealkylation sites (tertiary alicyclic amines) is 1. The summed E-state index contributed by atoms with van der Waals surface area (Å²) >= 11 is 0. The summed E-state index contributed by atoms with van der Waals surface area (Å²) in [5.41, 5.74) is 0. The van der Waals surface area contributed by atoms with E-state index in [2.05, 4.69) is 11.0 Å². The Hall–Kier alpha value is -1.12. The molecule has 2 saturated heterocycles. The van der Waals surface area contributed by atoms with E-state index in [0.29, 0.717) is 18.9 Å². The Morgan fingerprint density at radius 1 is 1.36 bits per heavy atom. The van der Waals surface area contributed by atoms with Gasteiger partial charge in [0.2, 0.25) is 5.91 Å². The van der Waals surface area contributed by atoms with Crippen LogP contribution in [0.1, 0.15) is 45.4 Å². The van der Waals surface area contributed by atoms with Gasteiger partial charge in [0.1, 0.15) is 0 Å². The Labute approximate surface area is 134 Å². The molecule has 0 unspecified atom stereocenters. The van der Waals surface area contributed by atoms with Crippen molar-refractivity contribution in [2.45, 2.75) is 51.5 Å². The van der Waals surface area contributed by atoms with Crippen molar-refractivity contribution in [1.29, 1.82) is 5.26 Å². The van der Waals surface area contributed by atoms with Crippen LogP contribution in [0.2, 0.25) is 0 Å². The minimum Gasteiger partial charge on any atom is -0.381 e. The molecular formula is C17H29N3O2. The third kappa shape index (κ3) is 4.96. The first-order chi connectivity index (χ1) is 10.7. The first-order valence-electron chi connectivity index (χ1n) is 8.70. The molecule has 0 spiro atoms. The molecule has 2 atom stereocenters. The molecular weight excluding hydrogens is 278 g/mol. The zero-order valence-electron chi connectivity index (χ0n) is 13.8. The summed E-state index contributed by atoms with van der Waals surface area (Å²) in [6.45, 7) is 6.89. The normalized spacial score (nSPS) is 24.5. The van der Waals surface area contributed by atoms with Crippen LogP contribution in [-0.4, -0.2) is 61.1 Å². The number of nitriles is 1. The maximum atomic E-state index is 12.9. The van der Waals surface area contributed by atoms with Gasteiger partial charge in [-0.25, -0.2) is 0 Å². The number of amides is 1. The second kappa shape index (κ2) is 9.12. The van der Waals surface area contributed by atoms with Gasteiger partial charge in [-0.1, -0.05) is 12.8 Å². The van der Waals surface area contributed by atoms with Crippen molar-refractivity contribution < 1.29 is 9.53 Å². The number of hydrogen-bond donors (Lipinski definition) is 0. The van der Waals surface area contributed by atoms with Crippen LogP contribution in [0, 0.1) is 17.2 Å². The van der Waals surface area contributed by atoms with E-state index in [1.165, 1.54) is 25.7 Å². The molecule has 5 nitrogen and oxygen atoms in total. The van der Waals surface area contributed by atoms with Crippen LogP contribution in [-0.2, 0) is 9.53 Å². The standard InChI is InChI=1S/C17H29N3O2/c1-15(19-9-4-2-3-5-10-19)17(21)20(11-6-8-18)13-16-7-12-22-14-16/h15-16H,2-7,9-14H2,1H3/t15-,16-/m0/s1. The third-order valence-electron chi connectivity index (χ3n) is 4.85. The Bertz CT molecular complexity index is 380. The van der Waals surface area contributed by atoms with Gasteiger partial charge in [0.15, 0.2) is 0 Å². The quantitative estimate of drug-likeness (QED) is 0.753. The van der Waals surface area contributed by atoms with Gasteiger partial charge < -0.3 is 9.64 Å². The average Bonchev–Trinajstić information content (AvgIpc) is 2.89. The molecule has 0 radical (unpaired) electrons. The van der Waals surface area contributed by atoms with Gasteiger partial charge in [0.25, 0.3) is 0 Å². The van der Waals surface area contributed by atoms with Gasteiger partial charge in [-0.3, -0.25) is 9.69 Å². The molecule has 0 aromatic carbocycles. The summed E-state index contributed by atoms with van der Waals surface area (Å²) in [6.07, 6.45) is 6.35. The predicted octanol–water partition coefficient (Wildman–Crippen LogP) is 2.03. The lowest BCUT2D eigenvalue weighted by Crippen LogP contribution is -2.49. The van der Waals surface area contributed by atoms with Crippen LogP contribution < -0.4 is 0 Å². The summed E-state index contributed by atoms with van der Waals surface area (Å²) in [7, 11) is 0. The van der Waals surface area contributed by atoms with Crippen LogP contribution in [0.25, 0.3) is 0 Å². The fourth-order valence-corrected chi connectivity index (χ4v) is 3.42. The van der Waals surface area contributed by atoms with Crippen LogP contribution in [0.3, 0.4) is 0 Å². The van der Waals surface area contributed by atoms with Crippen molar-refractivity contribution in [3.63, 3.8) is 0 Å². The first-order valence-corrected chi connectivity index (χ1v) is 8.70. The minimum atomic E-state index is -0.0703. The third-order valence-corrected chi connectivity index (χ3v) is 4.85. The predicted molar refractivity (Wildman–Crippen MR) is 85.2 cm³/mol. The molecule has 2 heterocycles. The summed E-state index contributed by atoms with van der Waals surface area (Å²) in [6, 6.07) is 2.10. The van der Waals surface area contributed by atoms with E-state index in [-0.39, 0.29) is 11.9 Å². The smallest absolute Gasteiger partial charge is 0.239 e. The molecule has 0 aromatic heterocycles. The zero-order chi connectivity index (χ0) is 15.8. The highest BCUT2D eigenvalue weighted by atomic mass is 16.5. The van der Waals surface area contributed by atoms with E-state index in [9.17, 15) is 4.79 Å². The monoisotopic (exact) mass is 307 g/mol. The van der Waals surface area contributed by atoms with Crippen molar-refractivity contribution in [3.05, 3.63) is 0 Å². The molecule has 0 N–H and O–H groups in total. The molecule has 2 fully saturated rings. The van der Waals surface area contributed by atoms with Crippen molar-refractivity contribution in [2.24, 2.45) is 5.92 Å². The number of carbonyl (C=O) groups excluding carboxylic acids is 1. The van der Waals surface area contributed by atoms with Gasteiger partial charge in [-0.15, -0.1) is 0 Å². The summed E-state index contributed by atoms with van der Waals surface area (Å²) in [5, 5.41) is 8.86. The van der Waals surface area contributed by atoms with E-state index < -0.39 is 0 Å². The number of ether oxygens (including phenoxy) is 1. The highest BCUT2D eigenvalue weighted by molar-refractivity contribution is 5.81.